The monoisotopic (exact) mass is 1460 g/mol. The second-order valence-corrected chi connectivity index (χ2v) is 42.9. The molecule has 6 heterocycles. The number of hydrogen-bond acceptors (Lipinski definition) is 10. The van der Waals surface area contributed by atoms with Crippen molar-refractivity contribution in [2.45, 2.75) is 26.2 Å². The predicted octanol–water partition coefficient (Wildman–Crippen LogP) is 18.2. The highest BCUT2D eigenvalue weighted by Gasteiger charge is 2.48. The van der Waals surface area contributed by atoms with Gasteiger partial charge in [-0.25, -0.2) is 29.9 Å². The van der Waals surface area contributed by atoms with Crippen molar-refractivity contribution in [2.75, 3.05) is 9.80 Å². The van der Waals surface area contributed by atoms with Crippen LogP contribution in [0.5, 0.6) is 0 Å². The summed E-state index contributed by atoms with van der Waals surface area (Å²) in [6.45, 7) is 9.64. The van der Waals surface area contributed by atoms with E-state index in [-0.39, 0.29) is 0 Å². The zero-order valence-corrected chi connectivity index (χ0v) is 63.6. The van der Waals surface area contributed by atoms with Gasteiger partial charge in [0, 0.05) is 76.6 Å². The van der Waals surface area contributed by atoms with Gasteiger partial charge in [0.2, 0.25) is 0 Å². The number of benzene rings is 14. The molecule has 14 heteroatoms. The van der Waals surface area contributed by atoms with E-state index in [2.05, 4.69) is 182 Å². The van der Waals surface area contributed by atoms with Crippen LogP contribution in [-0.4, -0.2) is 46.1 Å². The molecule has 4 aliphatic rings. The maximum atomic E-state index is 16.6. The Bertz CT molecular complexity index is 6210. The fraction of sp³-hybridized carbons (Fsp3) is 0.0426. The SMILES string of the molecule is C[Si]1(C)c2cc(-c3nc(-c4ccccc4)nc(-c4ccccc4)n3)ccc2-c2cc3c(cc21)P(=O)(c1ccccc1)c1ccccc1N3c1ccccc1.C[Si]1(C)c2ccccc2-c2cc3c(cc21)P(=O)(c1ccccc1)c1cc(-c2nc(-c4ccccc4)nc(-c4ccccc4)n2)ccc1N3c1ccccc1. The summed E-state index contributed by atoms with van der Waals surface area (Å²) in [4.78, 5) is 34.7. The molecule has 2 unspecified atom stereocenters. The first kappa shape index (κ1) is 66.3. The van der Waals surface area contributed by atoms with Gasteiger partial charge in [0.05, 0.1) is 22.7 Å². The number of aromatic nitrogens is 6. The van der Waals surface area contributed by atoms with Gasteiger partial charge in [-0.15, -0.1) is 0 Å². The third-order valence-corrected chi connectivity index (χ3v) is 35.1. The van der Waals surface area contributed by atoms with E-state index in [4.69, 9.17) is 29.9 Å². The Kier molecular flexibility index (Phi) is 16.1. The van der Waals surface area contributed by atoms with Crippen LogP contribution in [-0.2, 0) is 9.13 Å². The average molecular weight is 1460 g/mol. The van der Waals surface area contributed by atoms with Gasteiger partial charge in [0.1, 0.15) is 16.1 Å². The van der Waals surface area contributed by atoms with Crippen LogP contribution in [0.25, 0.3) is 90.6 Å². The van der Waals surface area contributed by atoms with Crippen LogP contribution in [0.1, 0.15) is 0 Å². The molecule has 108 heavy (non-hydrogen) atoms. The lowest BCUT2D eigenvalue weighted by Gasteiger charge is -2.39. The number of anilines is 6. The second kappa shape index (κ2) is 26.3. The van der Waals surface area contributed by atoms with Crippen LogP contribution in [0.4, 0.5) is 34.1 Å². The lowest BCUT2D eigenvalue weighted by molar-refractivity contribution is 0.591. The van der Waals surface area contributed by atoms with Gasteiger partial charge in [-0.2, -0.15) is 0 Å². The third kappa shape index (κ3) is 10.9. The molecule has 0 spiro atoms. The summed E-state index contributed by atoms with van der Waals surface area (Å²) in [5.41, 5.74) is 16.2. The van der Waals surface area contributed by atoms with E-state index in [1.807, 2.05) is 206 Å². The van der Waals surface area contributed by atoms with Crippen molar-refractivity contribution in [3.63, 3.8) is 0 Å². The smallest absolute Gasteiger partial charge is 0.175 e. The Labute approximate surface area is 630 Å². The number of fused-ring (bicyclic) bond motifs is 10. The minimum atomic E-state index is -3.47. The van der Waals surface area contributed by atoms with E-state index >= 15 is 9.13 Å². The maximum Gasteiger partial charge on any atom is 0.175 e. The fourth-order valence-electron chi connectivity index (χ4n) is 16.4. The van der Waals surface area contributed by atoms with Crippen LogP contribution in [0.2, 0.25) is 26.2 Å². The van der Waals surface area contributed by atoms with Crippen molar-refractivity contribution in [1.82, 2.24) is 29.9 Å². The van der Waals surface area contributed by atoms with Gasteiger partial charge in [-0.1, -0.05) is 299 Å². The quantitative estimate of drug-likeness (QED) is 0.0967. The molecule has 0 radical (unpaired) electrons. The average Bonchev–Trinajstić information content (AvgIpc) is 1.34. The maximum absolute atomic E-state index is 16.6. The molecule has 0 saturated carbocycles. The molecule has 16 aromatic rings. The summed E-state index contributed by atoms with van der Waals surface area (Å²) in [5, 5.41) is 10.4. The highest BCUT2D eigenvalue weighted by Crippen LogP contribution is 2.57. The topological polar surface area (TPSA) is 118 Å². The van der Waals surface area contributed by atoms with Crippen molar-refractivity contribution in [2.24, 2.45) is 0 Å². The van der Waals surface area contributed by atoms with E-state index in [1.54, 1.807) is 0 Å². The van der Waals surface area contributed by atoms with Crippen molar-refractivity contribution >= 4 is 117 Å². The summed E-state index contributed by atoms with van der Waals surface area (Å²) < 4.78 is 32.7. The Morgan fingerprint density at radius 3 is 0.981 bits per heavy atom. The molecule has 0 saturated heterocycles. The van der Waals surface area contributed by atoms with Gasteiger partial charge in [0.25, 0.3) is 0 Å². The summed E-state index contributed by atoms with van der Waals surface area (Å²) in [6.07, 6.45) is 0. The third-order valence-electron chi connectivity index (χ3n) is 21.8. The first-order valence-corrected chi connectivity index (χ1v) is 45.9. The van der Waals surface area contributed by atoms with Gasteiger partial charge < -0.3 is 18.9 Å². The molecule has 0 bridgehead atoms. The van der Waals surface area contributed by atoms with Crippen LogP contribution < -0.4 is 62.4 Å². The van der Waals surface area contributed by atoms with E-state index in [0.29, 0.717) is 34.9 Å². The van der Waals surface area contributed by atoms with Crippen molar-refractivity contribution in [3.05, 3.63) is 352 Å². The molecule has 14 aromatic carbocycles. The van der Waals surface area contributed by atoms with Gasteiger partial charge >= 0.3 is 0 Å². The fourth-order valence-corrected chi connectivity index (χ4v) is 28.9. The van der Waals surface area contributed by atoms with E-state index in [1.165, 1.54) is 43.0 Å². The Morgan fingerprint density at radius 2 is 0.537 bits per heavy atom. The van der Waals surface area contributed by atoms with Gasteiger partial charge in [-0.3, -0.25) is 0 Å². The lowest BCUT2D eigenvalue weighted by Crippen LogP contribution is -2.50. The number of para-hydroxylation sites is 3. The largest absolute Gasteiger partial charge is 0.309 e. The zero-order chi connectivity index (χ0) is 72.9. The van der Waals surface area contributed by atoms with E-state index < -0.39 is 30.4 Å². The first-order valence-electron chi connectivity index (χ1n) is 36.5. The molecule has 10 nitrogen and oxygen atoms in total. The van der Waals surface area contributed by atoms with Crippen molar-refractivity contribution < 1.29 is 9.13 Å². The lowest BCUT2D eigenvalue weighted by atomic mass is 10.0. The first-order chi connectivity index (χ1) is 52.8. The predicted molar refractivity (Wildman–Crippen MR) is 452 cm³/mol. The second-order valence-electron chi connectivity index (χ2n) is 28.8. The molecule has 4 aliphatic heterocycles. The molecular formula is C94H70N8O2P2Si2. The summed E-state index contributed by atoms with van der Waals surface area (Å²) >= 11 is 0. The summed E-state index contributed by atoms with van der Waals surface area (Å²) in [5.74, 6) is 3.63. The molecule has 0 fully saturated rings. The van der Waals surface area contributed by atoms with Crippen molar-refractivity contribution in [1.29, 1.82) is 0 Å². The minimum absolute atomic E-state index is 0.528. The molecular weight excluding hydrogens is 1390 g/mol. The number of hydrogen-bond donors (Lipinski definition) is 0. The molecule has 2 aromatic heterocycles. The highest BCUT2D eigenvalue weighted by molar-refractivity contribution is 7.86. The molecule has 0 amide bonds. The Hall–Kier alpha value is -12.4. The summed E-state index contributed by atoms with van der Waals surface area (Å²) in [7, 11) is -11.2. The Morgan fingerprint density at radius 1 is 0.231 bits per heavy atom. The standard InChI is InChI=1S/2C47H35N4OPSi/c1-54(2)43-29-34(47-49-45(32-17-7-3-8-18-32)48-46(50-47)33-19-9-4-10-20-33)27-28-37(43)38-30-40-42(31-44(38)54)53(52,36-23-13-6-14-24-36)41-26-16-15-25-39(41)51(40)35-21-11-5-12-22-35;1-54(2)43-26-16-15-25-37(43)38-30-40-42(31-44(38)54)53(52,36-23-13-6-14-24-36)41-29-34(27-28-39(41)51(40)35-21-11-5-12-22-35)47-49-45(32-17-7-3-8-18-32)48-46(50-47)33-19-9-4-10-20-33/h2*3-31H,1-2H3. The molecule has 0 N–H and O–H groups in total. The number of rotatable bonds is 10. The normalized spacial score (nSPS) is 16.2. The summed E-state index contributed by atoms with van der Waals surface area (Å²) in [6, 6.07) is 120. The van der Waals surface area contributed by atoms with E-state index in [0.717, 1.165) is 99.3 Å². The highest BCUT2D eigenvalue weighted by atomic mass is 31.2. The van der Waals surface area contributed by atoms with Crippen molar-refractivity contribution in [3.8, 4) is 90.6 Å². The molecule has 0 aliphatic carbocycles. The van der Waals surface area contributed by atoms with Crippen LogP contribution >= 0.6 is 14.3 Å². The van der Waals surface area contributed by atoms with Gasteiger partial charge in [0.15, 0.2) is 49.2 Å². The van der Waals surface area contributed by atoms with Crippen LogP contribution in [0, 0.1) is 0 Å². The van der Waals surface area contributed by atoms with Gasteiger partial charge in [-0.05, 0) is 122 Å². The molecule has 20 rings (SSSR count). The van der Waals surface area contributed by atoms with Crippen LogP contribution in [0.3, 0.4) is 0 Å². The van der Waals surface area contributed by atoms with Crippen LogP contribution in [0.15, 0.2) is 352 Å². The minimum Gasteiger partial charge on any atom is -0.309 e. The van der Waals surface area contributed by atoms with E-state index in [9.17, 15) is 0 Å². The number of nitrogens with zero attached hydrogens (tertiary/aromatic N) is 8. The molecule has 2 atom stereocenters. The zero-order valence-electron chi connectivity index (χ0n) is 59.8. The molecule has 516 valence electrons. The Balaban J connectivity index is 0.000000147.